The predicted octanol–water partition coefficient (Wildman–Crippen LogP) is 5.41. The zero-order chi connectivity index (χ0) is 27.2. The van der Waals surface area contributed by atoms with Crippen LogP contribution in [0, 0.1) is 0 Å². The van der Waals surface area contributed by atoms with Gasteiger partial charge in [-0.25, -0.2) is 9.97 Å². The van der Waals surface area contributed by atoms with Gasteiger partial charge in [-0.15, -0.1) is 0 Å². The third kappa shape index (κ3) is 6.20. The fraction of sp³-hybridized carbons (Fsp3) is 0.281. The standard InChI is InChI=1S/C32H36N6O/c1-4-29-33-30(36(3)28-17-15-27(16-18-28)35(2)24-25-11-7-5-8-12-25)23-31(34-29)37-19-21-38(22-20-37)32(39)26-13-9-6-10-14-26/h5-18,23H,4,19-22,24H2,1-3H3. The Hall–Kier alpha value is -4.39. The molecule has 0 saturated carbocycles. The molecule has 0 bridgehead atoms. The zero-order valence-corrected chi connectivity index (χ0v) is 23.0. The summed E-state index contributed by atoms with van der Waals surface area (Å²) in [4.78, 5) is 31.1. The van der Waals surface area contributed by atoms with Gasteiger partial charge < -0.3 is 19.6 Å². The van der Waals surface area contributed by atoms with E-state index in [1.807, 2.05) is 48.3 Å². The van der Waals surface area contributed by atoms with E-state index in [0.29, 0.717) is 13.1 Å². The molecule has 39 heavy (non-hydrogen) atoms. The molecule has 0 unspecified atom stereocenters. The van der Waals surface area contributed by atoms with Gasteiger partial charge in [0.2, 0.25) is 0 Å². The molecule has 1 fully saturated rings. The van der Waals surface area contributed by atoms with Crippen LogP contribution in [0.5, 0.6) is 0 Å². The van der Waals surface area contributed by atoms with Crippen molar-refractivity contribution < 1.29 is 4.79 Å². The molecule has 1 aliphatic rings. The van der Waals surface area contributed by atoms with Crippen molar-refractivity contribution in [2.45, 2.75) is 19.9 Å². The quantitative estimate of drug-likeness (QED) is 0.310. The smallest absolute Gasteiger partial charge is 0.253 e. The van der Waals surface area contributed by atoms with E-state index in [4.69, 9.17) is 9.97 Å². The predicted molar refractivity (Wildman–Crippen MR) is 159 cm³/mol. The molecule has 2 heterocycles. The second-order valence-corrected chi connectivity index (χ2v) is 9.92. The summed E-state index contributed by atoms with van der Waals surface area (Å²) in [7, 11) is 4.16. The minimum Gasteiger partial charge on any atom is -0.370 e. The first-order valence-electron chi connectivity index (χ1n) is 13.6. The normalized spacial score (nSPS) is 13.3. The van der Waals surface area contributed by atoms with Gasteiger partial charge in [0.15, 0.2) is 0 Å². The molecule has 3 aromatic carbocycles. The van der Waals surface area contributed by atoms with E-state index < -0.39 is 0 Å². The van der Waals surface area contributed by atoms with Crippen molar-refractivity contribution in [3.05, 3.63) is 108 Å². The molecule has 0 N–H and O–H groups in total. The second-order valence-electron chi connectivity index (χ2n) is 9.92. The molecule has 0 radical (unpaired) electrons. The Kier molecular flexibility index (Phi) is 8.06. The lowest BCUT2D eigenvalue weighted by Gasteiger charge is -2.36. The van der Waals surface area contributed by atoms with Gasteiger partial charge in [0.25, 0.3) is 5.91 Å². The van der Waals surface area contributed by atoms with E-state index in [2.05, 4.69) is 83.3 Å². The fourth-order valence-corrected chi connectivity index (χ4v) is 4.87. The number of hydrogen-bond acceptors (Lipinski definition) is 6. The molecule has 1 aromatic heterocycles. The highest BCUT2D eigenvalue weighted by molar-refractivity contribution is 5.94. The van der Waals surface area contributed by atoms with Gasteiger partial charge in [-0.05, 0) is 42.0 Å². The summed E-state index contributed by atoms with van der Waals surface area (Å²) in [6.07, 6.45) is 0.754. The number of carbonyl (C=O) groups is 1. The average Bonchev–Trinajstić information content (AvgIpc) is 3.01. The number of carbonyl (C=O) groups excluding carboxylic acids is 1. The van der Waals surface area contributed by atoms with E-state index in [1.54, 1.807) is 0 Å². The van der Waals surface area contributed by atoms with Crippen LogP contribution in [0.4, 0.5) is 23.0 Å². The average molecular weight is 521 g/mol. The van der Waals surface area contributed by atoms with E-state index in [-0.39, 0.29) is 5.91 Å². The van der Waals surface area contributed by atoms with Crippen LogP contribution < -0.4 is 14.7 Å². The van der Waals surface area contributed by atoms with Crippen LogP contribution in [0.3, 0.4) is 0 Å². The summed E-state index contributed by atoms with van der Waals surface area (Å²) >= 11 is 0. The second kappa shape index (κ2) is 12.0. The number of rotatable bonds is 8. The Bertz CT molecular complexity index is 1370. The molecule has 5 rings (SSSR count). The summed E-state index contributed by atoms with van der Waals surface area (Å²) in [5.74, 6) is 2.68. The van der Waals surface area contributed by atoms with Gasteiger partial charge >= 0.3 is 0 Å². The highest BCUT2D eigenvalue weighted by atomic mass is 16.2. The van der Waals surface area contributed by atoms with Gasteiger partial charge in [-0.1, -0.05) is 55.5 Å². The van der Waals surface area contributed by atoms with Crippen molar-refractivity contribution in [2.24, 2.45) is 0 Å². The topological polar surface area (TPSA) is 55.8 Å². The minimum absolute atomic E-state index is 0.0884. The molecule has 0 aliphatic carbocycles. The van der Waals surface area contributed by atoms with Crippen LogP contribution in [-0.4, -0.2) is 61.0 Å². The van der Waals surface area contributed by atoms with E-state index >= 15 is 0 Å². The molecule has 0 spiro atoms. The van der Waals surface area contributed by atoms with Crippen LogP contribution in [0.15, 0.2) is 91.0 Å². The number of anilines is 4. The largest absolute Gasteiger partial charge is 0.370 e. The number of aromatic nitrogens is 2. The fourth-order valence-electron chi connectivity index (χ4n) is 4.87. The minimum atomic E-state index is 0.0884. The first kappa shape index (κ1) is 26.2. The Labute approximate surface area is 231 Å². The highest BCUT2D eigenvalue weighted by Gasteiger charge is 2.24. The van der Waals surface area contributed by atoms with Crippen LogP contribution in [-0.2, 0) is 13.0 Å². The van der Waals surface area contributed by atoms with Gasteiger partial charge in [-0.2, -0.15) is 0 Å². The van der Waals surface area contributed by atoms with Crippen LogP contribution >= 0.6 is 0 Å². The SMILES string of the molecule is CCc1nc(N2CCN(C(=O)c3ccccc3)CC2)cc(N(C)c2ccc(N(C)Cc3ccccc3)cc2)n1. The van der Waals surface area contributed by atoms with Gasteiger partial charge in [0.1, 0.15) is 17.5 Å². The van der Waals surface area contributed by atoms with Crippen molar-refractivity contribution in [3.63, 3.8) is 0 Å². The summed E-state index contributed by atoms with van der Waals surface area (Å²) in [6, 6.07) is 30.6. The summed E-state index contributed by atoms with van der Waals surface area (Å²) in [5, 5.41) is 0. The zero-order valence-electron chi connectivity index (χ0n) is 23.0. The molecule has 7 heteroatoms. The molecule has 1 amide bonds. The van der Waals surface area contributed by atoms with Gasteiger partial charge in [0.05, 0.1) is 0 Å². The number of aryl methyl sites for hydroxylation is 1. The number of amides is 1. The van der Waals surface area contributed by atoms with Crippen molar-refractivity contribution >= 4 is 28.9 Å². The van der Waals surface area contributed by atoms with E-state index in [1.165, 1.54) is 5.56 Å². The molecule has 1 saturated heterocycles. The molecule has 7 nitrogen and oxygen atoms in total. The van der Waals surface area contributed by atoms with Crippen molar-refractivity contribution in [3.8, 4) is 0 Å². The summed E-state index contributed by atoms with van der Waals surface area (Å²) in [5.41, 5.74) is 4.25. The molecule has 1 aliphatic heterocycles. The first-order valence-corrected chi connectivity index (χ1v) is 13.6. The Morgan fingerprint density at radius 2 is 1.41 bits per heavy atom. The monoisotopic (exact) mass is 520 g/mol. The van der Waals surface area contributed by atoms with Gasteiger partial charge in [0, 0.05) is 76.2 Å². The molecule has 0 atom stereocenters. The van der Waals surface area contributed by atoms with Crippen molar-refractivity contribution in [2.75, 3.05) is 55.0 Å². The number of nitrogens with zero attached hydrogens (tertiary/aromatic N) is 6. The number of piperazine rings is 1. The van der Waals surface area contributed by atoms with E-state index in [0.717, 1.165) is 60.5 Å². The molecule has 200 valence electrons. The Morgan fingerprint density at radius 3 is 2.05 bits per heavy atom. The van der Waals surface area contributed by atoms with Crippen LogP contribution in [0.2, 0.25) is 0 Å². The van der Waals surface area contributed by atoms with Crippen LogP contribution in [0.25, 0.3) is 0 Å². The van der Waals surface area contributed by atoms with E-state index in [9.17, 15) is 4.79 Å². The first-order chi connectivity index (χ1) is 19.0. The maximum absolute atomic E-state index is 12.9. The number of hydrogen-bond donors (Lipinski definition) is 0. The lowest BCUT2D eigenvalue weighted by atomic mass is 10.2. The lowest BCUT2D eigenvalue weighted by molar-refractivity contribution is 0.0746. The highest BCUT2D eigenvalue weighted by Crippen LogP contribution is 2.28. The third-order valence-corrected chi connectivity index (χ3v) is 7.26. The van der Waals surface area contributed by atoms with Crippen molar-refractivity contribution in [1.82, 2.24) is 14.9 Å². The Morgan fingerprint density at radius 1 is 0.795 bits per heavy atom. The maximum Gasteiger partial charge on any atom is 0.253 e. The van der Waals surface area contributed by atoms with Gasteiger partial charge in [-0.3, -0.25) is 4.79 Å². The Balaban J connectivity index is 1.27. The lowest BCUT2D eigenvalue weighted by Crippen LogP contribution is -2.49. The summed E-state index contributed by atoms with van der Waals surface area (Å²) in [6.45, 7) is 5.76. The van der Waals surface area contributed by atoms with Crippen molar-refractivity contribution in [1.29, 1.82) is 0 Å². The molecular weight excluding hydrogens is 484 g/mol. The maximum atomic E-state index is 12.9. The summed E-state index contributed by atoms with van der Waals surface area (Å²) < 4.78 is 0. The molecular formula is C32H36N6O. The third-order valence-electron chi connectivity index (χ3n) is 7.26. The number of benzene rings is 3. The molecule has 4 aromatic rings. The van der Waals surface area contributed by atoms with Crippen LogP contribution in [0.1, 0.15) is 28.7 Å².